The lowest BCUT2D eigenvalue weighted by atomic mass is 10.1. The fourth-order valence-corrected chi connectivity index (χ4v) is 2.53. The zero-order chi connectivity index (χ0) is 14.8. The van der Waals surface area contributed by atoms with E-state index in [2.05, 4.69) is 32.4 Å². The van der Waals surface area contributed by atoms with E-state index >= 15 is 0 Å². The minimum Gasteiger partial charge on any atom is -0.467 e. The number of nitrogens with zero attached hydrogens (tertiary/aromatic N) is 3. The third-order valence-corrected chi connectivity index (χ3v) is 3.52. The Morgan fingerprint density at radius 3 is 2.43 bits per heavy atom. The molecule has 21 heavy (non-hydrogen) atoms. The zero-order valence-corrected chi connectivity index (χ0v) is 11.9. The number of hydrogen-bond donors (Lipinski definition) is 2. The van der Waals surface area contributed by atoms with E-state index in [1.165, 1.54) is 25.3 Å². The molecule has 1 aromatic carbocycles. The van der Waals surface area contributed by atoms with Crippen LogP contribution in [-0.2, 0) is 6.42 Å². The van der Waals surface area contributed by atoms with Crippen LogP contribution in [0.5, 0.6) is 12.0 Å². The van der Waals surface area contributed by atoms with Gasteiger partial charge in [-0.2, -0.15) is 9.97 Å². The van der Waals surface area contributed by atoms with Gasteiger partial charge in [-0.25, -0.2) is 0 Å². The molecule has 0 bridgehead atoms. The molecule has 0 aliphatic heterocycles. The maximum atomic E-state index is 6.22. The predicted molar refractivity (Wildman–Crippen MR) is 77.4 cm³/mol. The zero-order valence-electron chi connectivity index (χ0n) is 11.9. The maximum Gasteiger partial charge on any atom is 0.324 e. The largest absolute Gasteiger partial charge is 0.467 e. The third kappa shape index (κ3) is 2.59. The highest BCUT2D eigenvalue weighted by atomic mass is 16.5. The second-order valence-corrected chi connectivity index (χ2v) is 4.82. The standard InChI is InChI=1S/C14H17N5O2/c1-20-13-17-12(18-14(19-13)21-2)16-11-9-6-4-3-5-8(9)7-10(11)15/h3-6,10-11H,7,15H2,1-2H3,(H,16,17,18,19). The Labute approximate surface area is 122 Å². The van der Waals surface area contributed by atoms with Crippen molar-refractivity contribution in [2.24, 2.45) is 5.73 Å². The molecule has 0 spiro atoms. The van der Waals surface area contributed by atoms with Crippen molar-refractivity contribution in [3.05, 3.63) is 35.4 Å². The molecule has 7 heteroatoms. The minimum atomic E-state index is -0.0435. The summed E-state index contributed by atoms with van der Waals surface area (Å²) >= 11 is 0. The third-order valence-electron chi connectivity index (χ3n) is 3.52. The second kappa shape index (κ2) is 5.53. The van der Waals surface area contributed by atoms with Gasteiger partial charge in [0.25, 0.3) is 0 Å². The summed E-state index contributed by atoms with van der Waals surface area (Å²) < 4.78 is 10.1. The van der Waals surface area contributed by atoms with E-state index in [0.29, 0.717) is 5.95 Å². The van der Waals surface area contributed by atoms with Crippen molar-refractivity contribution < 1.29 is 9.47 Å². The van der Waals surface area contributed by atoms with E-state index in [1.54, 1.807) is 0 Å². The number of aromatic nitrogens is 3. The van der Waals surface area contributed by atoms with Crippen molar-refractivity contribution in [3.8, 4) is 12.0 Å². The van der Waals surface area contributed by atoms with Crippen molar-refractivity contribution >= 4 is 5.95 Å². The Kier molecular flexibility index (Phi) is 3.57. The summed E-state index contributed by atoms with van der Waals surface area (Å²) in [7, 11) is 2.99. The molecule has 0 saturated carbocycles. The van der Waals surface area contributed by atoms with Gasteiger partial charge < -0.3 is 20.5 Å². The number of ether oxygens (including phenoxy) is 2. The van der Waals surface area contributed by atoms with Gasteiger partial charge >= 0.3 is 12.0 Å². The average molecular weight is 287 g/mol. The maximum absolute atomic E-state index is 6.22. The Morgan fingerprint density at radius 2 is 1.76 bits per heavy atom. The Balaban J connectivity index is 1.90. The summed E-state index contributed by atoms with van der Waals surface area (Å²) in [5.74, 6) is 0.385. The van der Waals surface area contributed by atoms with Gasteiger partial charge in [-0.15, -0.1) is 4.98 Å². The van der Waals surface area contributed by atoms with E-state index < -0.39 is 0 Å². The number of methoxy groups -OCH3 is 2. The van der Waals surface area contributed by atoms with Crippen LogP contribution in [-0.4, -0.2) is 35.2 Å². The quantitative estimate of drug-likeness (QED) is 0.863. The minimum absolute atomic E-state index is 0.0313. The number of hydrogen-bond acceptors (Lipinski definition) is 7. The summed E-state index contributed by atoms with van der Waals surface area (Å²) in [5, 5.41) is 3.25. The molecule has 3 N–H and O–H groups in total. The van der Waals surface area contributed by atoms with Gasteiger partial charge in [0.05, 0.1) is 20.3 Å². The molecule has 2 unspecified atom stereocenters. The smallest absolute Gasteiger partial charge is 0.324 e. The van der Waals surface area contributed by atoms with Gasteiger partial charge in [-0.05, 0) is 17.5 Å². The Morgan fingerprint density at radius 1 is 1.10 bits per heavy atom. The molecule has 110 valence electrons. The van der Waals surface area contributed by atoms with Crippen LogP contribution in [0.2, 0.25) is 0 Å². The van der Waals surface area contributed by atoms with E-state index in [4.69, 9.17) is 15.2 Å². The molecule has 0 saturated heterocycles. The van der Waals surface area contributed by atoms with Gasteiger partial charge in [0, 0.05) is 6.04 Å². The lowest BCUT2D eigenvalue weighted by Gasteiger charge is -2.18. The highest BCUT2D eigenvalue weighted by Crippen LogP contribution is 2.32. The molecule has 1 aliphatic carbocycles. The van der Waals surface area contributed by atoms with Crippen LogP contribution < -0.4 is 20.5 Å². The van der Waals surface area contributed by atoms with E-state index in [0.717, 1.165) is 6.42 Å². The molecule has 2 atom stereocenters. The van der Waals surface area contributed by atoms with E-state index in [1.807, 2.05) is 12.1 Å². The summed E-state index contributed by atoms with van der Waals surface area (Å²) in [5.41, 5.74) is 8.64. The number of rotatable bonds is 4. The second-order valence-electron chi connectivity index (χ2n) is 4.82. The van der Waals surface area contributed by atoms with Crippen molar-refractivity contribution in [3.63, 3.8) is 0 Å². The van der Waals surface area contributed by atoms with Crippen molar-refractivity contribution in [2.75, 3.05) is 19.5 Å². The SMILES string of the molecule is COc1nc(NC2c3ccccc3CC2N)nc(OC)n1. The monoisotopic (exact) mass is 287 g/mol. The molecule has 0 radical (unpaired) electrons. The molecule has 1 aliphatic rings. The van der Waals surface area contributed by atoms with Gasteiger partial charge in [0.15, 0.2) is 0 Å². The van der Waals surface area contributed by atoms with Gasteiger partial charge in [-0.1, -0.05) is 24.3 Å². The average Bonchev–Trinajstić information content (AvgIpc) is 2.83. The van der Waals surface area contributed by atoms with E-state index in [9.17, 15) is 0 Å². The number of benzene rings is 1. The van der Waals surface area contributed by atoms with Crippen LogP contribution in [0.1, 0.15) is 17.2 Å². The number of nitrogens with two attached hydrogens (primary N) is 1. The van der Waals surface area contributed by atoms with Crippen LogP contribution >= 0.6 is 0 Å². The normalized spacial score (nSPS) is 20.0. The molecule has 0 amide bonds. The van der Waals surface area contributed by atoms with Crippen LogP contribution in [0.4, 0.5) is 5.95 Å². The van der Waals surface area contributed by atoms with Crippen molar-refractivity contribution in [1.82, 2.24) is 15.0 Å². The van der Waals surface area contributed by atoms with Crippen LogP contribution in [0.15, 0.2) is 24.3 Å². The summed E-state index contributed by atoms with van der Waals surface area (Å²) in [6.45, 7) is 0. The van der Waals surface area contributed by atoms with Crippen LogP contribution in [0.25, 0.3) is 0 Å². The molecule has 0 fully saturated rings. The van der Waals surface area contributed by atoms with Crippen LogP contribution in [0.3, 0.4) is 0 Å². The first-order chi connectivity index (χ1) is 10.2. The van der Waals surface area contributed by atoms with Crippen molar-refractivity contribution in [1.29, 1.82) is 0 Å². The fraction of sp³-hybridized carbons (Fsp3) is 0.357. The highest BCUT2D eigenvalue weighted by Gasteiger charge is 2.30. The predicted octanol–water partition coefficient (Wildman–Crippen LogP) is 0.925. The first kappa shape index (κ1) is 13.6. The molecule has 1 heterocycles. The molecular formula is C14H17N5O2. The molecular weight excluding hydrogens is 270 g/mol. The molecule has 1 aromatic heterocycles. The highest BCUT2D eigenvalue weighted by molar-refractivity contribution is 5.43. The number of nitrogens with one attached hydrogen (secondary N) is 1. The Hall–Kier alpha value is -2.41. The van der Waals surface area contributed by atoms with Gasteiger partial charge in [-0.3, -0.25) is 0 Å². The van der Waals surface area contributed by atoms with Gasteiger partial charge in [0.2, 0.25) is 5.95 Å². The molecule has 3 rings (SSSR count). The lowest BCUT2D eigenvalue weighted by molar-refractivity contribution is 0.340. The summed E-state index contributed by atoms with van der Waals surface area (Å²) in [6, 6.07) is 8.49. The van der Waals surface area contributed by atoms with E-state index in [-0.39, 0.29) is 24.1 Å². The number of anilines is 1. The summed E-state index contributed by atoms with van der Waals surface area (Å²) in [4.78, 5) is 12.3. The first-order valence-corrected chi connectivity index (χ1v) is 6.65. The fourth-order valence-electron chi connectivity index (χ4n) is 2.53. The van der Waals surface area contributed by atoms with Crippen molar-refractivity contribution in [2.45, 2.75) is 18.5 Å². The molecule has 7 nitrogen and oxygen atoms in total. The lowest BCUT2D eigenvalue weighted by Crippen LogP contribution is -2.30. The molecule has 2 aromatic rings. The number of fused-ring (bicyclic) bond motifs is 1. The summed E-state index contributed by atoms with van der Waals surface area (Å²) in [6.07, 6.45) is 0.827. The Bertz CT molecular complexity index is 627. The first-order valence-electron chi connectivity index (χ1n) is 6.65. The van der Waals surface area contributed by atoms with Crippen LogP contribution in [0, 0.1) is 0 Å². The topological polar surface area (TPSA) is 95.2 Å². The van der Waals surface area contributed by atoms with Gasteiger partial charge in [0.1, 0.15) is 0 Å².